The molecule has 36 heteroatoms. The molecule has 0 aromatic heterocycles. The minimum Gasteiger partial charge on any atom is -0.458 e. The number of rotatable bonds is 14. The van der Waals surface area contributed by atoms with Crippen LogP contribution in [0, 0.1) is 29.6 Å². The van der Waals surface area contributed by atoms with Gasteiger partial charge in [-0.05, 0) is 108 Å². The number of aliphatic hydroxyl groups is 3. The molecule has 0 aromatic rings. The van der Waals surface area contributed by atoms with Crippen LogP contribution >= 0.6 is 0 Å². The summed E-state index contributed by atoms with van der Waals surface area (Å²) in [6, 6.07) is 0. The molecule has 3 N–H and O–H groups in total. The first kappa shape index (κ1) is 73.1. The number of sulfone groups is 3. The van der Waals surface area contributed by atoms with E-state index < -0.39 is 168 Å². The van der Waals surface area contributed by atoms with Crippen molar-refractivity contribution in [2.45, 2.75) is 201 Å². The molecule has 3 aliphatic heterocycles. The zero-order valence-corrected chi connectivity index (χ0v) is 46.2. The third-order valence-electron chi connectivity index (χ3n) is 15.4. The van der Waals surface area contributed by atoms with Gasteiger partial charge in [-0.1, -0.05) is 32.1 Å². The monoisotopic (exact) mass is 1290 g/mol. The largest absolute Gasteiger partial charge is 0.458 e. The van der Waals surface area contributed by atoms with E-state index >= 15 is 0 Å². The maximum absolute atomic E-state index is 13.4. The van der Waals surface area contributed by atoms with Gasteiger partial charge in [0, 0.05) is 19.3 Å². The average molecular weight is 1300 g/mol. The number of halogens is 18. The molecule has 3 heterocycles. The Morgan fingerprint density at radius 2 is 0.622 bits per heavy atom. The Morgan fingerprint density at radius 1 is 0.390 bits per heavy atom. The summed E-state index contributed by atoms with van der Waals surface area (Å²) in [6.07, 6.45) is -41.4. The molecule has 15 nitrogen and oxygen atoms in total. The number of carbonyl (C=O) groups is 3. The van der Waals surface area contributed by atoms with Crippen molar-refractivity contribution in [3.8, 4) is 0 Å². The molecular formula is C46H64F18O15S3. The number of hydrogen-bond donors (Lipinski definition) is 3. The summed E-state index contributed by atoms with van der Waals surface area (Å²) in [5.74, 6) is -9.32. The highest BCUT2D eigenvalue weighted by Gasteiger charge is 2.80. The normalized spacial score (nSPS) is 22.6. The second-order valence-electron chi connectivity index (χ2n) is 21.9. The molecule has 3 saturated heterocycles. The highest BCUT2D eigenvalue weighted by Crippen LogP contribution is 2.53. The number of alkyl halides is 18. The summed E-state index contributed by atoms with van der Waals surface area (Å²) in [4.78, 5) is 36.1. The van der Waals surface area contributed by atoms with Gasteiger partial charge in [-0.15, -0.1) is 0 Å². The van der Waals surface area contributed by atoms with E-state index in [2.05, 4.69) is 14.2 Å². The predicted molar refractivity (Wildman–Crippen MR) is 248 cm³/mol. The maximum Gasteiger partial charge on any atom is 0.430 e. The molecule has 2 saturated carbocycles. The average Bonchev–Trinajstić information content (AvgIpc) is 3.85. The summed E-state index contributed by atoms with van der Waals surface area (Å²) in [7, 11) is -9.72. The summed E-state index contributed by atoms with van der Waals surface area (Å²) in [6.45, 7) is 0.633. The van der Waals surface area contributed by atoms with E-state index in [1.165, 1.54) is 0 Å². The number of hydrogen-bond acceptors (Lipinski definition) is 15. The molecule has 2 atom stereocenters. The van der Waals surface area contributed by atoms with Crippen LogP contribution in [0.2, 0.25) is 0 Å². The molecular weight excluding hydrogens is 1230 g/mol. The Labute approximate surface area is 459 Å². The predicted octanol–water partition coefficient (Wildman–Crippen LogP) is 9.09. The Morgan fingerprint density at radius 3 is 0.854 bits per heavy atom. The molecule has 2 unspecified atom stereocenters. The van der Waals surface area contributed by atoms with E-state index in [1.807, 2.05) is 0 Å². The molecule has 0 radical (unpaired) electrons. The Balaban J connectivity index is 0.000000324. The van der Waals surface area contributed by atoms with Crippen molar-refractivity contribution in [3.05, 3.63) is 0 Å². The molecule has 5 aliphatic rings. The van der Waals surface area contributed by atoms with Crippen LogP contribution < -0.4 is 0 Å². The van der Waals surface area contributed by atoms with Crippen molar-refractivity contribution in [3.63, 3.8) is 0 Å². The summed E-state index contributed by atoms with van der Waals surface area (Å²) in [5, 5.41) is 28.9. The second-order valence-corrected chi connectivity index (χ2v) is 28.8. The van der Waals surface area contributed by atoms with Crippen molar-refractivity contribution < 1.29 is 148 Å². The van der Waals surface area contributed by atoms with Gasteiger partial charge < -0.3 is 29.5 Å². The maximum atomic E-state index is 13.4. The van der Waals surface area contributed by atoms with Gasteiger partial charge in [0.05, 0.1) is 34.5 Å². The molecule has 0 aromatic carbocycles. The Bertz CT molecular complexity index is 2410. The lowest BCUT2D eigenvalue weighted by atomic mass is 9.77. The van der Waals surface area contributed by atoms with Gasteiger partial charge in [-0.25, -0.2) is 25.3 Å². The van der Waals surface area contributed by atoms with E-state index in [-0.39, 0.29) is 98.7 Å². The first-order chi connectivity index (χ1) is 36.8. The van der Waals surface area contributed by atoms with Crippen molar-refractivity contribution in [1.29, 1.82) is 0 Å². The first-order valence-electron chi connectivity index (χ1n) is 25.6. The lowest BCUT2D eigenvalue weighted by Gasteiger charge is -2.43. The molecule has 482 valence electrons. The lowest BCUT2D eigenvalue weighted by Crippen LogP contribution is -2.69. The number of carbonyl (C=O) groups excluding carboxylic acids is 3. The SMILES string of the molecule is CC(C)(OC(=O)CC1CCS(=O)(=O)CC1)C(O)(C(F)(F)F)C(F)(F)F.O=C(CC1CCS(=O)(=O)CC1)OC(C1CCCC1)C(O)(C(F)(F)F)C(F)(F)F.O=C(CC1CCS(=O)(=O)CC1)OC(C1CCCCC1)C(O)(C(F)(F)F)C(F)(F)F. The second kappa shape index (κ2) is 26.5. The fourth-order valence-corrected chi connectivity index (χ4v) is 15.2. The molecule has 0 amide bonds. The lowest BCUT2D eigenvalue weighted by molar-refractivity contribution is -0.407. The van der Waals surface area contributed by atoms with E-state index in [0.717, 1.165) is 0 Å². The van der Waals surface area contributed by atoms with Gasteiger partial charge in [0.1, 0.15) is 29.5 Å². The van der Waals surface area contributed by atoms with Crippen LogP contribution in [0.15, 0.2) is 0 Å². The standard InChI is InChI=1S/C17H24F6O5S.C16H22F6O5S.C13H18F6O5S/c18-16(19,20)15(25,17(21,22)23)14(12-4-2-1-3-5-12)28-13(24)10-11-6-8-29(26,27)9-7-11;17-15(18,19)14(24,16(20,21)22)13(11-3-1-2-4-11)27-12(23)9-10-5-7-28(25,26)8-6-10;1-10(2,11(21,12(14,15)16)13(17,18)19)24-9(20)7-8-3-5-25(22,23)6-4-8/h11-12,14,25H,1-10H2;10-11,13,24H,1-9H2;8,21H,3-7H2,1-2H3. The van der Waals surface area contributed by atoms with Crippen LogP contribution in [-0.4, -0.2) is 165 Å². The zero-order chi connectivity index (χ0) is 63.4. The van der Waals surface area contributed by atoms with Gasteiger partial charge in [0.2, 0.25) is 0 Å². The van der Waals surface area contributed by atoms with Gasteiger partial charge in [-0.3, -0.25) is 14.4 Å². The van der Waals surface area contributed by atoms with Crippen molar-refractivity contribution >= 4 is 47.4 Å². The Kier molecular flexibility index (Phi) is 23.6. The highest BCUT2D eigenvalue weighted by molar-refractivity contribution is 7.91. The fourth-order valence-electron chi connectivity index (χ4n) is 10.5. The smallest absolute Gasteiger partial charge is 0.430 e. The van der Waals surface area contributed by atoms with Gasteiger partial charge in [0.15, 0.2) is 17.8 Å². The molecule has 5 fully saturated rings. The summed E-state index contributed by atoms with van der Waals surface area (Å²) >= 11 is 0. The van der Waals surface area contributed by atoms with Crippen molar-refractivity contribution in [2.75, 3.05) is 34.5 Å². The molecule has 5 rings (SSSR count). The van der Waals surface area contributed by atoms with Crippen LogP contribution in [0.1, 0.15) is 129 Å². The first-order valence-corrected chi connectivity index (χ1v) is 31.0. The number of esters is 3. The van der Waals surface area contributed by atoms with Crippen molar-refractivity contribution in [1.82, 2.24) is 0 Å². The minimum atomic E-state index is -6.13. The van der Waals surface area contributed by atoms with Crippen LogP contribution in [0.5, 0.6) is 0 Å². The molecule has 0 bridgehead atoms. The third-order valence-corrected chi connectivity index (χ3v) is 20.6. The zero-order valence-electron chi connectivity index (χ0n) is 43.8. The minimum absolute atomic E-state index is 0.0336. The molecule has 82 heavy (non-hydrogen) atoms. The molecule has 0 spiro atoms. The fraction of sp³-hybridized carbons (Fsp3) is 0.935. The Hall–Kier alpha value is -3.12. The highest BCUT2D eigenvalue weighted by atomic mass is 32.2. The topological polar surface area (TPSA) is 242 Å². The summed E-state index contributed by atoms with van der Waals surface area (Å²) in [5.41, 5.74) is -18.9. The van der Waals surface area contributed by atoms with E-state index in [1.54, 1.807) is 0 Å². The van der Waals surface area contributed by atoms with Gasteiger partial charge >= 0.3 is 55.0 Å². The van der Waals surface area contributed by atoms with Crippen LogP contribution in [0.3, 0.4) is 0 Å². The molecule has 2 aliphatic carbocycles. The van der Waals surface area contributed by atoms with E-state index in [9.17, 15) is 134 Å². The van der Waals surface area contributed by atoms with Crippen LogP contribution in [-0.2, 0) is 58.1 Å². The van der Waals surface area contributed by atoms with Crippen LogP contribution in [0.25, 0.3) is 0 Å². The van der Waals surface area contributed by atoms with Crippen molar-refractivity contribution in [2.24, 2.45) is 29.6 Å². The van der Waals surface area contributed by atoms with Gasteiger partial charge in [0.25, 0.3) is 16.8 Å². The number of ether oxygens (including phenoxy) is 3. The van der Waals surface area contributed by atoms with Gasteiger partial charge in [-0.2, -0.15) is 79.0 Å². The van der Waals surface area contributed by atoms with E-state index in [0.29, 0.717) is 46.0 Å². The van der Waals surface area contributed by atoms with E-state index in [4.69, 9.17) is 0 Å². The summed E-state index contributed by atoms with van der Waals surface area (Å²) < 4.78 is 319. The van der Waals surface area contributed by atoms with Crippen LogP contribution in [0.4, 0.5) is 79.0 Å². The quantitative estimate of drug-likeness (QED) is 0.0835. The third kappa shape index (κ3) is 18.2.